The standard InChI is InChI=1S/C17H17N5O2/c1-12-16(10-18-19-12)21-7-8-22-15(17(21)23)9-13(20-22)11-24-14-5-3-2-4-6-14/h2-6,9-10H,7-8,11H2,1H3,(H,18,19). The van der Waals surface area contributed by atoms with Crippen molar-refractivity contribution in [2.45, 2.75) is 20.1 Å². The number of fused-ring (bicyclic) bond motifs is 1. The van der Waals surface area contributed by atoms with E-state index >= 15 is 0 Å². The molecule has 1 aliphatic heterocycles. The van der Waals surface area contributed by atoms with E-state index in [0.717, 1.165) is 22.8 Å². The van der Waals surface area contributed by atoms with E-state index in [4.69, 9.17) is 4.74 Å². The van der Waals surface area contributed by atoms with Crippen molar-refractivity contribution in [2.24, 2.45) is 0 Å². The van der Waals surface area contributed by atoms with Gasteiger partial charge in [-0.3, -0.25) is 14.6 Å². The molecular formula is C17H17N5O2. The Labute approximate surface area is 138 Å². The second-order valence-electron chi connectivity index (χ2n) is 5.68. The number of aromatic nitrogens is 4. The SMILES string of the molecule is Cc1[nH]ncc1N1CCn2nc(COc3ccccc3)cc2C1=O. The third-order valence-electron chi connectivity index (χ3n) is 4.05. The van der Waals surface area contributed by atoms with Gasteiger partial charge in [0.2, 0.25) is 0 Å². The minimum Gasteiger partial charge on any atom is -0.487 e. The molecule has 0 unspecified atom stereocenters. The van der Waals surface area contributed by atoms with Crippen molar-refractivity contribution in [3.05, 3.63) is 59.7 Å². The van der Waals surface area contributed by atoms with E-state index in [1.165, 1.54) is 0 Å². The summed E-state index contributed by atoms with van der Waals surface area (Å²) in [6.07, 6.45) is 1.68. The number of hydrogen-bond donors (Lipinski definition) is 1. The summed E-state index contributed by atoms with van der Waals surface area (Å²) < 4.78 is 7.46. The lowest BCUT2D eigenvalue weighted by Gasteiger charge is -2.26. The Bertz CT molecular complexity index is 868. The van der Waals surface area contributed by atoms with Crippen LogP contribution in [-0.4, -0.2) is 32.4 Å². The molecule has 1 aromatic carbocycles. The van der Waals surface area contributed by atoms with Gasteiger partial charge in [0.1, 0.15) is 23.7 Å². The van der Waals surface area contributed by atoms with Crippen molar-refractivity contribution in [1.82, 2.24) is 20.0 Å². The fourth-order valence-corrected chi connectivity index (χ4v) is 2.84. The van der Waals surface area contributed by atoms with Gasteiger partial charge in [-0.2, -0.15) is 10.2 Å². The van der Waals surface area contributed by atoms with Gasteiger partial charge in [0.15, 0.2) is 0 Å². The van der Waals surface area contributed by atoms with Crippen LogP contribution in [0.15, 0.2) is 42.6 Å². The van der Waals surface area contributed by atoms with Gasteiger partial charge in [0, 0.05) is 6.54 Å². The number of nitrogens with zero attached hydrogens (tertiary/aromatic N) is 4. The number of hydrogen-bond acceptors (Lipinski definition) is 4. The third kappa shape index (κ3) is 2.54. The monoisotopic (exact) mass is 323 g/mol. The number of H-pyrrole nitrogens is 1. The predicted molar refractivity (Wildman–Crippen MR) is 88.0 cm³/mol. The Hall–Kier alpha value is -3.09. The van der Waals surface area contributed by atoms with E-state index in [9.17, 15) is 4.79 Å². The normalized spacial score (nSPS) is 13.9. The lowest BCUT2D eigenvalue weighted by atomic mass is 10.2. The van der Waals surface area contributed by atoms with Gasteiger partial charge in [-0.05, 0) is 25.1 Å². The number of aromatic amines is 1. The first-order chi connectivity index (χ1) is 11.7. The molecule has 0 saturated heterocycles. The molecule has 0 atom stereocenters. The summed E-state index contributed by atoms with van der Waals surface area (Å²) in [4.78, 5) is 14.5. The Morgan fingerprint density at radius 3 is 2.83 bits per heavy atom. The Morgan fingerprint density at radius 1 is 1.25 bits per heavy atom. The molecule has 0 spiro atoms. The van der Waals surface area contributed by atoms with Crippen LogP contribution >= 0.6 is 0 Å². The minimum absolute atomic E-state index is 0.0655. The summed E-state index contributed by atoms with van der Waals surface area (Å²) in [6.45, 7) is 3.46. The molecule has 0 fully saturated rings. The highest BCUT2D eigenvalue weighted by atomic mass is 16.5. The number of carbonyl (C=O) groups excluding carboxylic acids is 1. The maximum Gasteiger partial charge on any atom is 0.276 e. The molecule has 7 heteroatoms. The van der Waals surface area contributed by atoms with Gasteiger partial charge in [-0.25, -0.2) is 0 Å². The highest BCUT2D eigenvalue weighted by Gasteiger charge is 2.29. The summed E-state index contributed by atoms with van der Waals surface area (Å²) in [5.41, 5.74) is 3.01. The van der Waals surface area contributed by atoms with Gasteiger partial charge in [0.05, 0.1) is 24.1 Å². The van der Waals surface area contributed by atoms with Gasteiger partial charge in [-0.1, -0.05) is 18.2 Å². The highest BCUT2D eigenvalue weighted by Crippen LogP contribution is 2.23. The molecule has 0 aliphatic carbocycles. The van der Waals surface area contributed by atoms with Crippen molar-refractivity contribution in [3.8, 4) is 5.75 Å². The average molecular weight is 323 g/mol. The van der Waals surface area contributed by atoms with E-state index < -0.39 is 0 Å². The van der Waals surface area contributed by atoms with Crippen molar-refractivity contribution >= 4 is 11.6 Å². The molecule has 7 nitrogen and oxygen atoms in total. The first-order valence-electron chi connectivity index (χ1n) is 7.79. The number of para-hydroxylation sites is 1. The third-order valence-corrected chi connectivity index (χ3v) is 4.05. The summed E-state index contributed by atoms with van der Waals surface area (Å²) >= 11 is 0. The van der Waals surface area contributed by atoms with Gasteiger partial charge >= 0.3 is 0 Å². The van der Waals surface area contributed by atoms with E-state index in [1.54, 1.807) is 21.8 Å². The van der Waals surface area contributed by atoms with E-state index in [1.807, 2.05) is 37.3 Å². The summed E-state index contributed by atoms with van der Waals surface area (Å²) in [7, 11) is 0. The maximum atomic E-state index is 12.7. The lowest BCUT2D eigenvalue weighted by molar-refractivity contribution is 0.0962. The molecule has 0 bridgehead atoms. The van der Waals surface area contributed by atoms with E-state index in [2.05, 4.69) is 15.3 Å². The van der Waals surface area contributed by atoms with Crippen LogP contribution in [0.3, 0.4) is 0 Å². The topological polar surface area (TPSA) is 76.0 Å². The quantitative estimate of drug-likeness (QED) is 0.798. The first-order valence-corrected chi connectivity index (χ1v) is 7.79. The van der Waals surface area contributed by atoms with E-state index in [-0.39, 0.29) is 5.91 Å². The lowest BCUT2D eigenvalue weighted by Crippen LogP contribution is -2.40. The second kappa shape index (κ2) is 5.84. The van der Waals surface area contributed by atoms with Gasteiger partial charge in [-0.15, -0.1) is 0 Å². The molecule has 1 amide bonds. The van der Waals surface area contributed by atoms with Crippen LogP contribution in [0.1, 0.15) is 21.9 Å². The molecule has 1 aliphatic rings. The zero-order valence-corrected chi connectivity index (χ0v) is 13.3. The number of aryl methyl sites for hydroxylation is 1. The molecule has 3 heterocycles. The second-order valence-corrected chi connectivity index (χ2v) is 5.68. The number of ether oxygens (including phenoxy) is 1. The number of anilines is 1. The summed E-state index contributed by atoms with van der Waals surface area (Å²) in [6, 6.07) is 11.4. The average Bonchev–Trinajstić information content (AvgIpc) is 3.21. The molecule has 24 heavy (non-hydrogen) atoms. The van der Waals surface area contributed by atoms with Gasteiger partial charge in [0.25, 0.3) is 5.91 Å². The van der Waals surface area contributed by atoms with E-state index in [0.29, 0.717) is 25.4 Å². The zero-order chi connectivity index (χ0) is 16.5. The summed E-state index contributed by atoms with van der Waals surface area (Å²) in [5.74, 6) is 0.717. The number of carbonyl (C=O) groups is 1. The minimum atomic E-state index is -0.0655. The molecule has 2 aromatic heterocycles. The fourth-order valence-electron chi connectivity index (χ4n) is 2.84. The molecule has 1 N–H and O–H groups in total. The number of amides is 1. The molecule has 4 rings (SSSR count). The van der Waals surface area contributed by atoms with Crippen molar-refractivity contribution in [1.29, 1.82) is 0 Å². The first kappa shape index (κ1) is 14.5. The van der Waals surface area contributed by atoms with Crippen LogP contribution in [0.25, 0.3) is 0 Å². The Morgan fingerprint density at radius 2 is 2.08 bits per heavy atom. The van der Waals surface area contributed by atoms with Gasteiger partial charge < -0.3 is 9.64 Å². The zero-order valence-electron chi connectivity index (χ0n) is 13.3. The van der Waals surface area contributed by atoms with Crippen molar-refractivity contribution in [3.63, 3.8) is 0 Å². The predicted octanol–water partition coefficient (Wildman–Crippen LogP) is 2.15. The van der Waals surface area contributed by atoms with Crippen LogP contribution in [0, 0.1) is 6.92 Å². The Kier molecular flexibility index (Phi) is 3.53. The highest BCUT2D eigenvalue weighted by molar-refractivity contribution is 6.05. The Balaban J connectivity index is 1.53. The molecule has 0 saturated carbocycles. The summed E-state index contributed by atoms with van der Waals surface area (Å²) in [5, 5.41) is 11.3. The van der Waals surface area contributed by atoms with Crippen LogP contribution in [0.5, 0.6) is 5.75 Å². The number of rotatable bonds is 4. The molecule has 0 radical (unpaired) electrons. The van der Waals surface area contributed by atoms with Crippen LogP contribution in [0.4, 0.5) is 5.69 Å². The molecule has 3 aromatic rings. The fraction of sp³-hybridized carbons (Fsp3) is 0.235. The van der Waals surface area contributed by atoms with Crippen molar-refractivity contribution < 1.29 is 9.53 Å². The smallest absolute Gasteiger partial charge is 0.276 e. The van der Waals surface area contributed by atoms with Crippen molar-refractivity contribution in [2.75, 3.05) is 11.4 Å². The number of nitrogens with one attached hydrogen (secondary N) is 1. The van der Waals surface area contributed by atoms with Crippen LogP contribution in [-0.2, 0) is 13.2 Å². The van der Waals surface area contributed by atoms with Crippen LogP contribution in [0.2, 0.25) is 0 Å². The molecule has 122 valence electrons. The molecular weight excluding hydrogens is 306 g/mol. The number of benzene rings is 1. The largest absolute Gasteiger partial charge is 0.487 e. The maximum absolute atomic E-state index is 12.7. The van der Waals surface area contributed by atoms with Crippen LogP contribution < -0.4 is 9.64 Å².